The maximum Gasteiger partial charge on any atom is 0.153 e. The number of hydrogen-bond donors (Lipinski definition) is 0. The molecular formula is C18H18O6. The summed E-state index contributed by atoms with van der Waals surface area (Å²) in [4.78, 5) is 22.7. The highest BCUT2D eigenvalue weighted by Crippen LogP contribution is 2.49. The van der Waals surface area contributed by atoms with Crippen LogP contribution in [-0.4, -0.2) is 41.0 Å². The Kier molecular flexibility index (Phi) is 5.42. The van der Waals surface area contributed by atoms with Crippen LogP contribution in [0.1, 0.15) is 20.7 Å². The van der Waals surface area contributed by atoms with Gasteiger partial charge in [-0.05, 0) is 24.3 Å². The zero-order valence-corrected chi connectivity index (χ0v) is 13.9. The monoisotopic (exact) mass is 330 g/mol. The van der Waals surface area contributed by atoms with Crippen molar-refractivity contribution >= 4 is 12.6 Å². The van der Waals surface area contributed by atoms with E-state index in [0.717, 1.165) is 0 Å². The Morgan fingerprint density at radius 1 is 0.625 bits per heavy atom. The van der Waals surface area contributed by atoms with Crippen molar-refractivity contribution in [1.29, 1.82) is 0 Å². The molecule has 0 N–H and O–H groups in total. The summed E-state index contributed by atoms with van der Waals surface area (Å²) in [6, 6.07) is 6.48. The second-order valence-electron chi connectivity index (χ2n) is 4.77. The fourth-order valence-corrected chi connectivity index (χ4v) is 2.60. The largest absolute Gasteiger partial charge is 0.496 e. The highest BCUT2D eigenvalue weighted by molar-refractivity contribution is 5.96. The third-order valence-electron chi connectivity index (χ3n) is 3.65. The van der Waals surface area contributed by atoms with Gasteiger partial charge in [-0.2, -0.15) is 0 Å². The van der Waals surface area contributed by atoms with E-state index in [1.807, 2.05) is 0 Å². The first-order valence-corrected chi connectivity index (χ1v) is 7.07. The Bertz CT molecular complexity index is 701. The van der Waals surface area contributed by atoms with Crippen LogP contribution in [0.2, 0.25) is 0 Å². The lowest BCUT2D eigenvalue weighted by molar-refractivity contribution is 0.111. The normalized spacial score (nSPS) is 10.0. The lowest BCUT2D eigenvalue weighted by Gasteiger charge is -2.20. The van der Waals surface area contributed by atoms with E-state index in [0.29, 0.717) is 57.8 Å². The minimum absolute atomic E-state index is 0.309. The van der Waals surface area contributed by atoms with Gasteiger partial charge in [-0.15, -0.1) is 0 Å². The van der Waals surface area contributed by atoms with Gasteiger partial charge in [0.25, 0.3) is 0 Å². The van der Waals surface area contributed by atoms with E-state index in [9.17, 15) is 9.59 Å². The van der Waals surface area contributed by atoms with Crippen LogP contribution in [0.5, 0.6) is 23.0 Å². The fraction of sp³-hybridized carbons (Fsp3) is 0.222. The summed E-state index contributed by atoms with van der Waals surface area (Å²) in [7, 11) is 5.91. The first kappa shape index (κ1) is 17.3. The number of methoxy groups -OCH3 is 4. The van der Waals surface area contributed by atoms with E-state index >= 15 is 0 Å². The van der Waals surface area contributed by atoms with Crippen molar-refractivity contribution in [1.82, 2.24) is 0 Å². The van der Waals surface area contributed by atoms with Crippen LogP contribution in [0.15, 0.2) is 24.3 Å². The Balaban J connectivity index is 2.99. The van der Waals surface area contributed by atoms with Gasteiger partial charge in [0.2, 0.25) is 0 Å². The van der Waals surface area contributed by atoms with Crippen LogP contribution >= 0.6 is 0 Å². The summed E-state index contributed by atoms with van der Waals surface area (Å²) in [5, 5.41) is 0. The van der Waals surface area contributed by atoms with Crippen LogP contribution < -0.4 is 18.9 Å². The molecule has 0 amide bonds. The van der Waals surface area contributed by atoms with Crippen LogP contribution in [0, 0.1) is 0 Å². The SMILES string of the molecule is COc1ccc(C=O)c(OC)c1-c1c(OC)ccc(C=O)c1OC. The van der Waals surface area contributed by atoms with Crippen molar-refractivity contribution in [3.8, 4) is 34.1 Å². The Morgan fingerprint density at radius 2 is 1.00 bits per heavy atom. The predicted octanol–water partition coefficient (Wildman–Crippen LogP) is 3.01. The quantitative estimate of drug-likeness (QED) is 0.727. The highest BCUT2D eigenvalue weighted by Gasteiger charge is 2.25. The summed E-state index contributed by atoms with van der Waals surface area (Å²) < 4.78 is 21.7. The van der Waals surface area contributed by atoms with Crippen molar-refractivity contribution in [2.75, 3.05) is 28.4 Å². The van der Waals surface area contributed by atoms with Crippen molar-refractivity contribution < 1.29 is 28.5 Å². The number of ether oxygens (including phenoxy) is 4. The Labute approximate surface area is 139 Å². The minimum atomic E-state index is 0.309. The zero-order chi connectivity index (χ0) is 17.7. The fourth-order valence-electron chi connectivity index (χ4n) is 2.60. The Hall–Kier alpha value is -3.02. The van der Waals surface area contributed by atoms with E-state index in [1.165, 1.54) is 28.4 Å². The summed E-state index contributed by atoms with van der Waals surface area (Å²) in [5.41, 5.74) is 1.63. The summed E-state index contributed by atoms with van der Waals surface area (Å²) in [6.07, 6.45) is 1.37. The molecule has 2 rings (SSSR count). The van der Waals surface area contributed by atoms with E-state index in [4.69, 9.17) is 18.9 Å². The molecule has 0 aliphatic rings. The number of carbonyl (C=O) groups is 2. The highest BCUT2D eigenvalue weighted by atomic mass is 16.5. The molecule has 0 aliphatic carbocycles. The van der Waals surface area contributed by atoms with Crippen LogP contribution in [0.4, 0.5) is 0 Å². The van der Waals surface area contributed by atoms with Crippen molar-refractivity contribution in [2.24, 2.45) is 0 Å². The molecule has 0 unspecified atom stereocenters. The molecule has 6 nitrogen and oxygen atoms in total. The number of rotatable bonds is 7. The molecule has 0 spiro atoms. The summed E-state index contributed by atoms with van der Waals surface area (Å²) in [5.74, 6) is 1.53. The van der Waals surface area contributed by atoms with Crippen molar-refractivity contribution in [3.63, 3.8) is 0 Å². The molecule has 0 aromatic heterocycles. The van der Waals surface area contributed by atoms with Crippen LogP contribution in [-0.2, 0) is 0 Å². The van der Waals surface area contributed by atoms with Gasteiger partial charge in [0.1, 0.15) is 23.0 Å². The van der Waals surface area contributed by atoms with Crippen molar-refractivity contribution in [2.45, 2.75) is 0 Å². The molecule has 0 radical (unpaired) electrons. The number of carbonyl (C=O) groups excluding carboxylic acids is 2. The maximum atomic E-state index is 11.4. The number of benzene rings is 2. The molecule has 2 aromatic carbocycles. The molecule has 2 aromatic rings. The molecule has 0 fully saturated rings. The summed E-state index contributed by atoms with van der Waals surface area (Å²) in [6.45, 7) is 0. The smallest absolute Gasteiger partial charge is 0.153 e. The molecule has 24 heavy (non-hydrogen) atoms. The zero-order valence-electron chi connectivity index (χ0n) is 13.9. The van der Waals surface area contributed by atoms with Gasteiger partial charge in [0.15, 0.2) is 12.6 Å². The molecule has 0 heterocycles. The lowest BCUT2D eigenvalue weighted by atomic mass is 9.96. The van der Waals surface area contributed by atoms with Gasteiger partial charge in [0.05, 0.1) is 50.7 Å². The average Bonchev–Trinajstić information content (AvgIpc) is 2.64. The lowest BCUT2D eigenvalue weighted by Crippen LogP contribution is -2.02. The molecule has 126 valence electrons. The van der Waals surface area contributed by atoms with Gasteiger partial charge in [-0.25, -0.2) is 0 Å². The topological polar surface area (TPSA) is 71.1 Å². The number of hydrogen-bond acceptors (Lipinski definition) is 6. The first-order chi connectivity index (χ1) is 11.7. The van der Waals surface area contributed by atoms with Gasteiger partial charge in [-0.3, -0.25) is 9.59 Å². The molecule has 0 atom stereocenters. The van der Waals surface area contributed by atoms with E-state index in [1.54, 1.807) is 24.3 Å². The second-order valence-corrected chi connectivity index (χ2v) is 4.77. The summed E-state index contributed by atoms with van der Waals surface area (Å²) >= 11 is 0. The van der Waals surface area contributed by atoms with E-state index in [2.05, 4.69) is 0 Å². The van der Waals surface area contributed by atoms with Crippen LogP contribution in [0.25, 0.3) is 11.1 Å². The van der Waals surface area contributed by atoms with E-state index in [-0.39, 0.29) is 0 Å². The molecule has 0 bridgehead atoms. The molecule has 0 saturated heterocycles. The second kappa shape index (κ2) is 7.50. The van der Waals surface area contributed by atoms with Gasteiger partial charge in [0, 0.05) is 0 Å². The molecular weight excluding hydrogens is 312 g/mol. The van der Waals surface area contributed by atoms with Gasteiger partial charge >= 0.3 is 0 Å². The van der Waals surface area contributed by atoms with Crippen LogP contribution in [0.3, 0.4) is 0 Å². The molecule has 6 heteroatoms. The minimum Gasteiger partial charge on any atom is -0.496 e. The molecule has 0 aliphatic heterocycles. The third-order valence-corrected chi connectivity index (χ3v) is 3.65. The number of aldehydes is 2. The van der Waals surface area contributed by atoms with Gasteiger partial charge in [-0.1, -0.05) is 0 Å². The third kappa shape index (κ3) is 2.78. The van der Waals surface area contributed by atoms with Gasteiger partial charge < -0.3 is 18.9 Å². The molecule has 0 saturated carbocycles. The van der Waals surface area contributed by atoms with Crippen molar-refractivity contribution in [3.05, 3.63) is 35.4 Å². The first-order valence-electron chi connectivity index (χ1n) is 7.07. The standard InChI is InChI=1S/C18H18O6/c1-21-13-7-5-11(9-19)17(23-3)15(13)16-14(22-2)8-6-12(10-20)18(16)24-4/h5-10H,1-4H3. The Morgan fingerprint density at radius 3 is 1.25 bits per heavy atom. The maximum absolute atomic E-state index is 11.4. The van der Waals surface area contributed by atoms with E-state index < -0.39 is 0 Å². The average molecular weight is 330 g/mol. The predicted molar refractivity (Wildman–Crippen MR) is 88.9 cm³/mol.